The van der Waals surface area contributed by atoms with E-state index in [9.17, 15) is 22.8 Å². The number of carbonyl (C=O) groups excluding carboxylic acids is 2. The second-order valence-electron chi connectivity index (χ2n) is 6.84. The number of nitrogens with zero attached hydrogens (tertiary/aromatic N) is 1. The van der Waals surface area contributed by atoms with Crippen LogP contribution in [0.2, 0.25) is 0 Å². The highest BCUT2D eigenvalue weighted by Gasteiger charge is 2.32. The van der Waals surface area contributed by atoms with Crippen LogP contribution in [0.4, 0.5) is 24.5 Å². The largest absolute Gasteiger partial charge is 0.484 e. The average molecular weight is 406 g/mol. The third kappa shape index (κ3) is 5.28. The summed E-state index contributed by atoms with van der Waals surface area (Å²) in [6.07, 6.45) is -2.60. The van der Waals surface area contributed by atoms with E-state index in [4.69, 9.17) is 4.74 Å². The van der Waals surface area contributed by atoms with E-state index in [0.717, 1.165) is 38.1 Å². The van der Waals surface area contributed by atoms with E-state index in [0.29, 0.717) is 17.0 Å². The molecule has 2 aromatic carbocycles. The molecule has 0 radical (unpaired) electrons. The minimum Gasteiger partial charge on any atom is -0.484 e. The van der Waals surface area contributed by atoms with Crippen molar-refractivity contribution in [2.24, 2.45) is 0 Å². The lowest BCUT2D eigenvalue weighted by atomic mass is 10.1. The Morgan fingerprint density at radius 3 is 2.31 bits per heavy atom. The number of ketones is 1. The molecule has 2 aromatic rings. The van der Waals surface area contributed by atoms with Crippen LogP contribution in [0, 0.1) is 0 Å². The molecule has 0 aromatic heterocycles. The maximum atomic E-state index is 13.1. The molecule has 1 amide bonds. The molecule has 1 heterocycles. The van der Waals surface area contributed by atoms with E-state index in [1.165, 1.54) is 13.0 Å². The van der Waals surface area contributed by atoms with Gasteiger partial charge >= 0.3 is 6.18 Å². The van der Waals surface area contributed by atoms with Crippen LogP contribution in [0.5, 0.6) is 5.75 Å². The summed E-state index contributed by atoms with van der Waals surface area (Å²) in [7, 11) is 0. The fourth-order valence-electron chi connectivity index (χ4n) is 3.17. The minimum absolute atomic E-state index is 0.0896. The molecule has 0 bridgehead atoms. The van der Waals surface area contributed by atoms with Crippen LogP contribution >= 0.6 is 0 Å². The average Bonchev–Trinajstić information content (AvgIpc) is 3.20. The van der Waals surface area contributed by atoms with Crippen molar-refractivity contribution >= 4 is 23.1 Å². The summed E-state index contributed by atoms with van der Waals surface area (Å²) in [4.78, 5) is 25.5. The molecule has 1 aliphatic heterocycles. The highest BCUT2D eigenvalue weighted by Crippen LogP contribution is 2.36. The highest BCUT2D eigenvalue weighted by molar-refractivity contribution is 5.96. The summed E-state index contributed by atoms with van der Waals surface area (Å²) >= 11 is 0. The number of amides is 1. The summed E-state index contributed by atoms with van der Waals surface area (Å²) in [6, 6.07) is 9.64. The third-order valence-electron chi connectivity index (χ3n) is 4.68. The van der Waals surface area contributed by atoms with Gasteiger partial charge < -0.3 is 15.0 Å². The molecule has 0 saturated carbocycles. The molecule has 1 N–H and O–H groups in total. The lowest BCUT2D eigenvalue weighted by molar-refractivity contribution is -0.137. The number of carbonyl (C=O) groups is 2. The third-order valence-corrected chi connectivity index (χ3v) is 4.68. The molecule has 29 heavy (non-hydrogen) atoms. The topological polar surface area (TPSA) is 58.6 Å². The number of ether oxygens (including phenoxy) is 1. The number of benzene rings is 2. The lowest BCUT2D eigenvalue weighted by Gasteiger charge is -2.23. The van der Waals surface area contributed by atoms with Crippen molar-refractivity contribution in [1.82, 2.24) is 0 Å². The predicted molar refractivity (Wildman–Crippen MR) is 103 cm³/mol. The Bertz CT molecular complexity index is 889. The van der Waals surface area contributed by atoms with Gasteiger partial charge in [-0.3, -0.25) is 9.59 Å². The Labute approximate surface area is 166 Å². The Morgan fingerprint density at radius 2 is 1.72 bits per heavy atom. The van der Waals surface area contributed by atoms with Crippen LogP contribution in [-0.4, -0.2) is 31.4 Å². The number of hydrogen-bond donors (Lipinski definition) is 1. The second-order valence-corrected chi connectivity index (χ2v) is 6.84. The molecule has 5 nitrogen and oxygen atoms in total. The van der Waals surface area contributed by atoms with Crippen LogP contribution in [-0.2, 0) is 11.0 Å². The first-order valence-electron chi connectivity index (χ1n) is 9.24. The first-order valence-corrected chi connectivity index (χ1v) is 9.24. The van der Waals surface area contributed by atoms with Crippen molar-refractivity contribution in [1.29, 1.82) is 0 Å². The van der Waals surface area contributed by atoms with Crippen LogP contribution < -0.4 is 15.0 Å². The van der Waals surface area contributed by atoms with Crippen LogP contribution in [0.15, 0.2) is 42.5 Å². The van der Waals surface area contributed by atoms with Gasteiger partial charge in [0.05, 0.1) is 16.9 Å². The first kappa shape index (κ1) is 20.7. The van der Waals surface area contributed by atoms with Gasteiger partial charge in [0.25, 0.3) is 5.91 Å². The van der Waals surface area contributed by atoms with Crippen molar-refractivity contribution in [3.63, 3.8) is 0 Å². The van der Waals surface area contributed by atoms with E-state index in [-0.39, 0.29) is 18.1 Å². The molecular formula is C21H21F3N2O3. The summed E-state index contributed by atoms with van der Waals surface area (Å²) < 4.78 is 44.7. The summed E-state index contributed by atoms with van der Waals surface area (Å²) in [5, 5.41) is 2.54. The molecule has 1 fully saturated rings. The van der Waals surface area contributed by atoms with E-state index >= 15 is 0 Å². The van der Waals surface area contributed by atoms with E-state index in [2.05, 4.69) is 5.32 Å². The summed E-state index contributed by atoms with van der Waals surface area (Å²) in [6.45, 7) is 2.53. The fraction of sp³-hybridized carbons (Fsp3) is 0.333. The van der Waals surface area contributed by atoms with Gasteiger partial charge in [-0.05, 0) is 62.2 Å². The Hall–Kier alpha value is -3.03. The zero-order valence-electron chi connectivity index (χ0n) is 15.9. The predicted octanol–water partition coefficient (Wildman–Crippen LogP) is 4.53. The lowest BCUT2D eigenvalue weighted by Crippen LogP contribution is -2.24. The van der Waals surface area contributed by atoms with Crippen molar-refractivity contribution in [2.45, 2.75) is 25.9 Å². The Kier molecular flexibility index (Phi) is 6.10. The summed E-state index contributed by atoms with van der Waals surface area (Å²) in [5.74, 6) is -0.275. The Balaban J connectivity index is 1.71. The van der Waals surface area contributed by atoms with Gasteiger partial charge in [0, 0.05) is 18.7 Å². The van der Waals surface area contributed by atoms with Gasteiger partial charge in [-0.15, -0.1) is 0 Å². The molecule has 154 valence electrons. The fourth-order valence-corrected chi connectivity index (χ4v) is 3.17. The zero-order chi connectivity index (χ0) is 21.0. The zero-order valence-corrected chi connectivity index (χ0v) is 15.9. The van der Waals surface area contributed by atoms with Gasteiger partial charge in [-0.2, -0.15) is 13.2 Å². The number of Topliss-reactive ketones (excluding diaryl/α,β-unsaturated/α-hetero) is 1. The minimum atomic E-state index is -4.50. The van der Waals surface area contributed by atoms with Gasteiger partial charge in [-0.1, -0.05) is 0 Å². The van der Waals surface area contributed by atoms with E-state index < -0.39 is 17.6 Å². The molecule has 8 heteroatoms. The maximum Gasteiger partial charge on any atom is 0.416 e. The number of alkyl halides is 3. The van der Waals surface area contributed by atoms with Crippen LogP contribution in [0.25, 0.3) is 0 Å². The normalized spacial score (nSPS) is 14.0. The molecule has 0 aliphatic carbocycles. The first-order chi connectivity index (χ1) is 13.7. The van der Waals surface area contributed by atoms with Gasteiger partial charge in [0.15, 0.2) is 12.4 Å². The number of nitrogens with one attached hydrogen (secondary N) is 1. The molecule has 1 aliphatic rings. The van der Waals surface area contributed by atoms with Crippen molar-refractivity contribution in [2.75, 3.05) is 29.9 Å². The second kappa shape index (κ2) is 8.55. The SMILES string of the molecule is CC(=O)c1ccc(OCC(=O)Nc2cc(C(F)(F)F)ccc2N2CCCC2)cc1. The van der Waals surface area contributed by atoms with Gasteiger partial charge in [0.1, 0.15) is 5.75 Å². The molecule has 0 spiro atoms. The molecular weight excluding hydrogens is 385 g/mol. The van der Waals surface area contributed by atoms with Gasteiger partial charge in [0.2, 0.25) is 0 Å². The monoisotopic (exact) mass is 406 g/mol. The highest BCUT2D eigenvalue weighted by atomic mass is 19.4. The molecule has 0 atom stereocenters. The number of halogens is 3. The van der Waals surface area contributed by atoms with Crippen molar-refractivity contribution in [3.8, 4) is 5.75 Å². The van der Waals surface area contributed by atoms with Gasteiger partial charge in [-0.25, -0.2) is 0 Å². The van der Waals surface area contributed by atoms with E-state index in [1.54, 1.807) is 24.3 Å². The molecule has 3 rings (SSSR count). The number of rotatable bonds is 6. The van der Waals surface area contributed by atoms with Crippen molar-refractivity contribution in [3.05, 3.63) is 53.6 Å². The van der Waals surface area contributed by atoms with Crippen LogP contribution in [0.3, 0.4) is 0 Å². The smallest absolute Gasteiger partial charge is 0.416 e. The van der Waals surface area contributed by atoms with Crippen molar-refractivity contribution < 1.29 is 27.5 Å². The quantitative estimate of drug-likeness (QED) is 0.717. The number of hydrogen-bond acceptors (Lipinski definition) is 4. The maximum absolute atomic E-state index is 13.1. The Morgan fingerprint density at radius 1 is 1.07 bits per heavy atom. The molecule has 1 saturated heterocycles. The summed E-state index contributed by atoms with van der Waals surface area (Å²) in [5.41, 5.74) is 0.370. The molecule has 0 unspecified atom stereocenters. The standard InChI is InChI=1S/C21H21F3N2O3/c1-14(27)15-4-7-17(8-5-15)29-13-20(28)25-18-12-16(21(22,23)24)6-9-19(18)26-10-2-3-11-26/h4-9,12H,2-3,10-11,13H2,1H3,(H,25,28). The number of anilines is 2. The van der Waals surface area contributed by atoms with E-state index in [1.807, 2.05) is 4.90 Å². The van der Waals surface area contributed by atoms with Crippen LogP contribution in [0.1, 0.15) is 35.7 Å².